The van der Waals surface area contributed by atoms with Crippen molar-refractivity contribution in [3.8, 4) is 5.75 Å². The Morgan fingerprint density at radius 1 is 1.08 bits per heavy atom. The normalized spacial score (nSPS) is 11.3. The van der Waals surface area contributed by atoms with Gasteiger partial charge in [0.15, 0.2) is 0 Å². The third-order valence-electron chi connectivity index (χ3n) is 3.83. The minimum absolute atomic E-state index is 0.264. The van der Waals surface area contributed by atoms with Crippen molar-refractivity contribution in [3.05, 3.63) is 59.7 Å². The molecular formula is C19H23N3O3. The molecule has 2 rings (SSSR count). The van der Waals surface area contributed by atoms with Crippen LogP contribution in [0.5, 0.6) is 5.75 Å². The van der Waals surface area contributed by atoms with Gasteiger partial charge in [0.2, 0.25) is 5.91 Å². The molecule has 2 aromatic carbocycles. The fraction of sp³-hybridized carbons (Fsp3) is 0.263. The number of aryl methyl sites for hydroxylation is 1. The van der Waals surface area contributed by atoms with Gasteiger partial charge in [-0.3, -0.25) is 10.2 Å². The number of hydrogen-bond donors (Lipinski definition) is 3. The van der Waals surface area contributed by atoms with E-state index in [9.17, 15) is 9.59 Å². The van der Waals surface area contributed by atoms with Crippen LogP contribution in [0.3, 0.4) is 0 Å². The first-order valence-corrected chi connectivity index (χ1v) is 8.11. The Kier molecular flexibility index (Phi) is 6.39. The molecule has 0 heterocycles. The fourth-order valence-electron chi connectivity index (χ4n) is 2.54. The van der Waals surface area contributed by atoms with Gasteiger partial charge in [-0.25, -0.2) is 10.2 Å². The number of hydrazine groups is 1. The van der Waals surface area contributed by atoms with Crippen molar-refractivity contribution in [2.45, 2.75) is 26.2 Å². The number of ether oxygens (including phenoxy) is 1. The number of carbonyl (C=O) groups excluding carboxylic acids is 2. The summed E-state index contributed by atoms with van der Waals surface area (Å²) in [5, 5.41) is 2.66. The average molecular weight is 341 g/mol. The van der Waals surface area contributed by atoms with Crippen LogP contribution in [0.15, 0.2) is 48.5 Å². The summed E-state index contributed by atoms with van der Waals surface area (Å²) in [6, 6.07) is 14.4. The van der Waals surface area contributed by atoms with Gasteiger partial charge < -0.3 is 10.1 Å². The summed E-state index contributed by atoms with van der Waals surface area (Å²) in [5.74, 6) is -0.0436. The molecule has 0 radical (unpaired) electrons. The number of rotatable bonds is 5. The molecule has 0 aliphatic carbocycles. The maximum absolute atomic E-state index is 12.3. The summed E-state index contributed by atoms with van der Waals surface area (Å²) in [4.78, 5) is 24.4. The monoisotopic (exact) mass is 341 g/mol. The summed E-state index contributed by atoms with van der Waals surface area (Å²) in [6.45, 7) is 3.84. The molecule has 3 N–H and O–H groups in total. The third-order valence-corrected chi connectivity index (χ3v) is 3.83. The molecule has 2 aromatic rings. The van der Waals surface area contributed by atoms with Crippen molar-refractivity contribution < 1.29 is 14.3 Å². The molecule has 0 unspecified atom stereocenters. The lowest BCUT2D eigenvalue weighted by Gasteiger charge is -2.16. The van der Waals surface area contributed by atoms with Crippen molar-refractivity contribution >= 4 is 17.6 Å². The Bertz CT molecular complexity index is 732. The molecule has 1 atom stereocenters. The van der Waals surface area contributed by atoms with E-state index >= 15 is 0 Å². The second-order valence-electron chi connectivity index (χ2n) is 5.64. The number of carbonyl (C=O) groups is 2. The molecule has 3 amide bonds. The topological polar surface area (TPSA) is 79.5 Å². The maximum atomic E-state index is 12.3. The maximum Gasteiger partial charge on any atom is 0.338 e. The molecule has 6 nitrogen and oxygen atoms in total. The van der Waals surface area contributed by atoms with Crippen molar-refractivity contribution in [1.82, 2.24) is 10.9 Å². The van der Waals surface area contributed by atoms with E-state index in [0.717, 1.165) is 11.1 Å². The minimum Gasteiger partial charge on any atom is -0.495 e. The van der Waals surface area contributed by atoms with E-state index in [0.29, 0.717) is 17.9 Å². The Labute approximate surface area is 147 Å². The van der Waals surface area contributed by atoms with E-state index in [2.05, 4.69) is 16.2 Å². The lowest BCUT2D eigenvalue weighted by atomic mass is 9.96. The summed E-state index contributed by atoms with van der Waals surface area (Å²) in [5.41, 5.74) is 7.26. The largest absolute Gasteiger partial charge is 0.495 e. The van der Waals surface area contributed by atoms with Crippen LogP contribution in [-0.2, 0) is 4.79 Å². The second kappa shape index (κ2) is 8.73. The number of nitrogens with one attached hydrogen (secondary N) is 3. The summed E-state index contributed by atoms with van der Waals surface area (Å²) in [7, 11) is 1.53. The first-order chi connectivity index (χ1) is 12.0. The highest BCUT2D eigenvalue weighted by Gasteiger charge is 2.19. The van der Waals surface area contributed by atoms with Gasteiger partial charge in [0.1, 0.15) is 5.75 Å². The number of methoxy groups -OCH3 is 1. The minimum atomic E-state index is -0.542. The number of amides is 3. The molecule has 132 valence electrons. The van der Waals surface area contributed by atoms with Gasteiger partial charge in [0, 0.05) is 0 Å². The van der Waals surface area contributed by atoms with Gasteiger partial charge in [0.05, 0.1) is 18.7 Å². The third kappa shape index (κ3) is 4.97. The standard InChI is InChI=1S/C19H23N3O3/c1-4-15(14-8-6-5-7-9-14)18(23)21-22-19(24)20-16-12-13(2)10-11-17(16)25-3/h5-12,15H,4H2,1-3H3,(H,21,23)(H2,20,22,24)/t15-/m0/s1. The van der Waals surface area contributed by atoms with Gasteiger partial charge in [0.25, 0.3) is 0 Å². The molecule has 6 heteroatoms. The van der Waals surface area contributed by atoms with Gasteiger partial charge >= 0.3 is 6.03 Å². The summed E-state index contributed by atoms with van der Waals surface area (Å²) in [6.07, 6.45) is 0.630. The van der Waals surface area contributed by atoms with E-state index in [-0.39, 0.29) is 11.8 Å². The zero-order chi connectivity index (χ0) is 18.2. The first kappa shape index (κ1) is 18.3. The van der Waals surface area contributed by atoms with Crippen LogP contribution < -0.4 is 20.9 Å². The molecule has 0 aliphatic rings. The smallest absolute Gasteiger partial charge is 0.338 e. The summed E-state index contributed by atoms with van der Waals surface area (Å²) < 4.78 is 5.21. The summed E-state index contributed by atoms with van der Waals surface area (Å²) >= 11 is 0. The van der Waals surface area contributed by atoms with E-state index in [1.807, 2.05) is 50.2 Å². The molecule has 25 heavy (non-hydrogen) atoms. The Balaban J connectivity index is 1.95. The molecular weight excluding hydrogens is 318 g/mol. The highest BCUT2D eigenvalue weighted by molar-refractivity contribution is 5.93. The molecule has 0 spiro atoms. The van der Waals surface area contributed by atoms with E-state index in [1.54, 1.807) is 12.1 Å². The highest BCUT2D eigenvalue weighted by Crippen LogP contribution is 2.25. The van der Waals surface area contributed by atoms with Crippen molar-refractivity contribution in [2.75, 3.05) is 12.4 Å². The number of urea groups is 1. The predicted molar refractivity (Wildman–Crippen MR) is 97.5 cm³/mol. The molecule has 0 bridgehead atoms. The van der Waals surface area contributed by atoms with Gasteiger partial charge in [-0.2, -0.15) is 0 Å². The lowest BCUT2D eigenvalue weighted by molar-refractivity contribution is -0.123. The van der Waals surface area contributed by atoms with Gasteiger partial charge in [-0.05, 0) is 36.6 Å². The van der Waals surface area contributed by atoms with Gasteiger partial charge in [-0.1, -0.05) is 43.3 Å². The molecule has 0 aromatic heterocycles. The zero-order valence-electron chi connectivity index (χ0n) is 14.6. The van der Waals surface area contributed by atoms with Crippen LogP contribution in [0.4, 0.5) is 10.5 Å². The molecule has 0 saturated heterocycles. The number of hydrogen-bond acceptors (Lipinski definition) is 3. The quantitative estimate of drug-likeness (QED) is 0.730. The van der Waals surface area contributed by atoms with Crippen LogP contribution in [0.2, 0.25) is 0 Å². The van der Waals surface area contributed by atoms with Crippen molar-refractivity contribution in [2.24, 2.45) is 0 Å². The average Bonchev–Trinajstić information content (AvgIpc) is 2.62. The van der Waals surface area contributed by atoms with Crippen molar-refractivity contribution in [1.29, 1.82) is 0 Å². The molecule has 0 fully saturated rings. The SMILES string of the molecule is CC[C@H](C(=O)NNC(=O)Nc1cc(C)ccc1OC)c1ccccc1. The first-order valence-electron chi connectivity index (χ1n) is 8.11. The molecule has 0 aliphatic heterocycles. The number of benzene rings is 2. The lowest BCUT2D eigenvalue weighted by Crippen LogP contribution is -2.45. The van der Waals surface area contributed by atoms with E-state index in [4.69, 9.17) is 4.74 Å². The van der Waals surface area contributed by atoms with Crippen LogP contribution in [-0.4, -0.2) is 19.0 Å². The molecule has 0 saturated carbocycles. The Hall–Kier alpha value is -3.02. The van der Waals surface area contributed by atoms with E-state index in [1.165, 1.54) is 7.11 Å². The van der Waals surface area contributed by atoms with Gasteiger partial charge in [-0.15, -0.1) is 0 Å². The zero-order valence-corrected chi connectivity index (χ0v) is 14.6. The second-order valence-corrected chi connectivity index (χ2v) is 5.64. The van der Waals surface area contributed by atoms with Crippen LogP contribution in [0.1, 0.15) is 30.4 Å². The predicted octanol–water partition coefficient (Wildman–Crippen LogP) is 3.35. The fourth-order valence-corrected chi connectivity index (χ4v) is 2.54. The van der Waals surface area contributed by atoms with Crippen LogP contribution in [0.25, 0.3) is 0 Å². The van der Waals surface area contributed by atoms with Crippen LogP contribution in [0, 0.1) is 6.92 Å². The van der Waals surface area contributed by atoms with E-state index < -0.39 is 6.03 Å². The Morgan fingerprint density at radius 2 is 1.80 bits per heavy atom. The van der Waals surface area contributed by atoms with Crippen LogP contribution >= 0.6 is 0 Å². The van der Waals surface area contributed by atoms with Crippen molar-refractivity contribution in [3.63, 3.8) is 0 Å². The Morgan fingerprint density at radius 3 is 2.44 bits per heavy atom. The highest BCUT2D eigenvalue weighted by atomic mass is 16.5. The number of anilines is 1.